The molecule has 2 amide bonds. The van der Waals surface area contributed by atoms with E-state index in [1.54, 1.807) is 0 Å². The fraction of sp³-hybridized carbons (Fsp3) is 0.240. The largest absolute Gasteiger partial charge is 0.340 e. The molecule has 2 aromatic carbocycles. The number of aromatic nitrogens is 1. The predicted octanol–water partition coefficient (Wildman–Crippen LogP) is 4.60. The normalized spacial score (nSPS) is 12.1. The van der Waals surface area contributed by atoms with Crippen LogP contribution in [0.1, 0.15) is 36.7 Å². The highest BCUT2D eigenvalue weighted by molar-refractivity contribution is 7.97. The summed E-state index contributed by atoms with van der Waals surface area (Å²) in [6, 6.07) is 18.5. The van der Waals surface area contributed by atoms with Gasteiger partial charge < -0.3 is 10.6 Å². The zero-order valence-corrected chi connectivity index (χ0v) is 19.6. The topological polar surface area (TPSA) is 83.1 Å². The lowest BCUT2D eigenvalue weighted by atomic mass is 10.0. The zero-order chi connectivity index (χ0) is 23.8. The second-order valence-corrected chi connectivity index (χ2v) is 9.43. The third kappa shape index (κ3) is 8.00. The highest BCUT2D eigenvalue weighted by atomic mass is 32.2. The van der Waals surface area contributed by atoms with Gasteiger partial charge in [0.1, 0.15) is 6.04 Å². The molecule has 3 aromatic rings. The first-order valence-electron chi connectivity index (χ1n) is 10.5. The van der Waals surface area contributed by atoms with Crippen molar-refractivity contribution in [1.29, 1.82) is 0 Å². The van der Waals surface area contributed by atoms with Gasteiger partial charge in [0.15, 0.2) is 0 Å². The lowest BCUT2D eigenvalue weighted by molar-refractivity contribution is -0.118. The molecule has 1 aromatic heterocycles. The molecule has 0 fully saturated rings. The maximum atomic E-state index is 13.1. The van der Waals surface area contributed by atoms with Crippen molar-refractivity contribution in [3.8, 4) is 0 Å². The van der Waals surface area contributed by atoms with Crippen LogP contribution < -0.4 is 15.4 Å². The van der Waals surface area contributed by atoms with Gasteiger partial charge in [0, 0.05) is 28.7 Å². The molecule has 1 atom stereocenters. The van der Waals surface area contributed by atoms with Crippen molar-refractivity contribution in [2.24, 2.45) is 0 Å². The minimum Gasteiger partial charge on any atom is -0.340 e. The Balaban J connectivity index is 1.70. The van der Waals surface area contributed by atoms with Crippen LogP contribution in [0.5, 0.6) is 0 Å². The number of hydrogen-bond acceptors (Lipinski definition) is 5. The van der Waals surface area contributed by atoms with Gasteiger partial charge in [0.05, 0.1) is 5.56 Å². The quantitative estimate of drug-likeness (QED) is 0.334. The monoisotopic (exact) mass is 466 g/mol. The molecule has 8 heteroatoms. The minimum atomic E-state index is -0.832. The molecular weight excluding hydrogens is 439 g/mol. The Labute approximate surface area is 197 Å². The van der Waals surface area contributed by atoms with Gasteiger partial charge in [-0.15, -0.1) is 0 Å². The summed E-state index contributed by atoms with van der Waals surface area (Å²) >= 11 is 1.52. The Kier molecular flexibility index (Phi) is 8.19. The van der Waals surface area contributed by atoms with E-state index in [0.717, 1.165) is 22.7 Å². The lowest BCUT2D eigenvalue weighted by Crippen LogP contribution is -2.45. The lowest BCUT2D eigenvalue weighted by Gasteiger charge is -2.20. The van der Waals surface area contributed by atoms with E-state index in [1.807, 2.05) is 54.6 Å². The van der Waals surface area contributed by atoms with Gasteiger partial charge in [0.2, 0.25) is 11.9 Å². The number of halogens is 1. The van der Waals surface area contributed by atoms with E-state index >= 15 is 0 Å². The van der Waals surface area contributed by atoms with Crippen LogP contribution in [-0.2, 0) is 11.2 Å². The molecule has 3 N–H and O–H groups in total. The second kappa shape index (κ2) is 11.1. The van der Waals surface area contributed by atoms with E-state index in [0.29, 0.717) is 12.1 Å². The van der Waals surface area contributed by atoms with Gasteiger partial charge in [0.25, 0.3) is 5.91 Å². The molecule has 6 nitrogen and oxygen atoms in total. The summed E-state index contributed by atoms with van der Waals surface area (Å²) in [6.45, 7) is 6.24. The standard InChI is InChI=1S/C25H27FN4O2S/c1-25(2,3)30-33-20-12-10-19(11-13-20)28-24(32)21(15-17-7-5-4-6-8-17)29-23(31)18-9-14-22(26)27-16-18/h4-14,16,21,30H,15H2,1-3H3,(H,28,32)(H,29,31). The molecule has 0 radical (unpaired) electrons. The summed E-state index contributed by atoms with van der Waals surface area (Å²) in [5.74, 6) is -1.53. The predicted molar refractivity (Wildman–Crippen MR) is 129 cm³/mol. The Morgan fingerprint density at radius 1 is 1.00 bits per heavy atom. The summed E-state index contributed by atoms with van der Waals surface area (Å²) in [5, 5.41) is 5.61. The number of anilines is 1. The molecular formula is C25H27FN4O2S. The van der Waals surface area contributed by atoms with Crippen LogP contribution in [0.4, 0.5) is 10.1 Å². The Morgan fingerprint density at radius 2 is 1.70 bits per heavy atom. The number of amides is 2. The molecule has 172 valence electrons. The van der Waals surface area contributed by atoms with Crippen molar-refractivity contribution in [3.05, 3.63) is 90.0 Å². The number of benzene rings is 2. The number of carbonyl (C=O) groups is 2. The fourth-order valence-corrected chi connectivity index (χ4v) is 3.55. The van der Waals surface area contributed by atoms with E-state index in [9.17, 15) is 14.0 Å². The second-order valence-electron chi connectivity index (χ2n) is 8.55. The molecule has 33 heavy (non-hydrogen) atoms. The van der Waals surface area contributed by atoms with Crippen molar-refractivity contribution < 1.29 is 14.0 Å². The van der Waals surface area contributed by atoms with Crippen LogP contribution >= 0.6 is 11.9 Å². The van der Waals surface area contributed by atoms with Crippen molar-refractivity contribution >= 4 is 29.4 Å². The van der Waals surface area contributed by atoms with Crippen LogP contribution in [0.2, 0.25) is 0 Å². The van der Waals surface area contributed by atoms with E-state index in [2.05, 4.69) is 41.1 Å². The maximum Gasteiger partial charge on any atom is 0.253 e. The van der Waals surface area contributed by atoms with Crippen LogP contribution in [0.25, 0.3) is 0 Å². The van der Waals surface area contributed by atoms with Crippen molar-refractivity contribution in [2.45, 2.75) is 43.7 Å². The van der Waals surface area contributed by atoms with Gasteiger partial charge in [-0.1, -0.05) is 30.3 Å². The van der Waals surface area contributed by atoms with Gasteiger partial charge in [-0.05, 0) is 74.7 Å². The van der Waals surface area contributed by atoms with Gasteiger partial charge >= 0.3 is 0 Å². The van der Waals surface area contributed by atoms with Gasteiger partial charge in [-0.25, -0.2) is 4.98 Å². The molecule has 0 aliphatic heterocycles. The average molecular weight is 467 g/mol. The van der Waals surface area contributed by atoms with E-state index in [1.165, 1.54) is 18.0 Å². The van der Waals surface area contributed by atoms with Gasteiger partial charge in [-0.2, -0.15) is 4.39 Å². The number of carbonyl (C=O) groups excluding carboxylic acids is 2. The first-order chi connectivity index (χ1) is 15.7. The molecule has 3 rings (SSSR count). The smallest absolute Gasteiger partial charge is 0.253 e. The summed E-state index contributed by atoms with van der Waals surface area (Å²) in [5.41, 5.74) is 1.67. The first-order valence-corrected chi connectivity index (χ1v) is 11.3. The fourth-order valence-electron chi connectivity index (χ4n) is 2.86. The van der Waals surface area contributed by atoms with E-state index in [4.69, 9.17) is 0 Å². The van der Waals surface area contributed by atoms with Gasteiger partial charge in [-0.3, -0.25) is 14.3 Å². The number of pyridine rings is 1. The Morgan fingerprint density at radius 3 is 2.30 bits per heavy atom. The summed E-state index contributed by atoms with van der Waals surface area (Å²) in [4.78, 5) is 30.2. The molecule has 1 heterocycles. The van der Waals surface area contributed by atoms with E-state index < -0.39 is 17.9 Å². The maximum absolute atomic E-state index is 13.1. The Bertz CT molecular complexity index is 1070. The number of rotatable bonds is 8. The molecule has 0 spiro atoms. The van der Waals surface area contributed by atoms with Crippen LogP contribution in [0.3, 0.4) is 0 Å². The molecule has 0 saturated heterocycles. The molecule has 0 saturated carbocycles. The summed E-state index contributed by atoms with van der Waals surface area (Å²) in [6.07, 6.45) is 1.45. The molecule has 0 aliphatic rings. The number of nitrogens with zero attached hydrogens (tertiary/aromatic N) is 1. The average Bonchev–Trinajstić information content (AvgIpc) is 2.78. The zero-order valence-electron chi connectivity index (χ0n) is 18.8. The highest BCUT2D eigenvalue weighted by Gasteiger charge is 2.22. The van der Waals surface area contributed by atoms with Crippen LogP contribution in [0, 0.1) is 5.95 Å². The highest BCUT2D eigenvalue weighted by Crippen LogP contribution is 2.20. The number of hydrogen-bond donors (Lipinski definition) is 3. The van der Waals surface area contributed by atoms with Crippen LogP contribution in [0.15, 0.2) is 77.8 Å². The molecule has 0 bridgehead atoms. The van der Waals surface area contributed by atoms with Crippen molar-refractivity contribution in [3.63, 3.8) is 0 Å². The summed E-state index contributed by atoms with van der Waals surface area (Å²) < 4.78 is 16.4. The number of nitrogens with one attached hydrogen (secondary N) is 3. The molecule has 0 aliphatic carbocycles. The van der Waals surface area contributed by atoms with E-state index in [-0.39, 0.29) is 17.0 Å². The summed E-state index contributed by atoms with van der Waals surface area (Å²) in [7, 11) is 0. The minimum absolute atomic E-state index is 0.0273. The van der Waals surface area contributed by atoms with Crippen molar-refractivity contribution in [2.75, 3.05) is 5.32 Å². The first kappa shape index (κ1) is 24.4. The third-order valence-electron chi connectivity index (χ3n) is 4.49. The third-order valence-corrected chi connectivity index (χ3v) is 5.71. The molecule has 1 unspecified atom stereocenters. The van der Waals surface area contributed by atoms with Crippen molar-refractivity contribution in [1.82, 2.24) is 15.0 Å². The SMILES string of the molecule is CC(C)(C)NSc1ccc(NC(=O)C(Cc2ccccc2)NC(=O)c2ccc(F)nc2)cc1. The van der Waals surface area contributed by atoms with Crippen LogP contribution in [-0.4, -0.2) is 28.4 Å². The Hall–Kier alpha value is -3.23.